The fraction of sp³-hybridized carbons (Fsp3) is 0.400. The molecule has 0 spiro atoms. The van der Waals surface area contributed by atoms with Gasteiger partial charge in [0.25, 0.3) is 0 Å². The number of rotatable bonds is 6. The highest BCUT2D eigenvalue weighted by Gasteiger charge is 2.22. The lowest BCUT2D eigenvalue weighted by molar-refractivity contribution is 0.0161. The summed E-state index contributed by atoms with van der Waals surface area (Å²) >= 11 is 6.05. The largest absolute Gasteiger partial charge is 0.379 e. The number of halogens is 1. The molecular weight excluding hydrogens is 320 g/mol. The van der Waals surface area contributed by atoms with Crippen LogP contribution in [0, 0.1) is 6.92 Å². The molecule has 1 atom stereocenters. The molecule has 1 N–H and O–H groups in total. The SMILES string of the molecule is Cc1ccccc1CNCC(c1ccc(Cl)cc1)N1CCOCC1. The number of benzene rings is 2. The summed E-state index contributed by atoms with van der Waals surface area (Å²) in [6, 6.07) is 17.1. The summed E-state index contributed by atoms with van der Waals surface area (Å²) in [5.41, 5.74) is 3.99. The van der Waals surface area contributed by atoms with Crippen LogP contribution in [0.15, 0.2) is 48.5 Å². The predicted octanol–water partition coefficient (Wildman–Crippen LogP) is 3.81. The monoisotopic (exact) mass is 344 g/mol. The Morgan fingerprint density at radius 1 is 1.08 bits per heavy atom. The fourth-order valence-electron chi connectivity index (χ4n) is 3.18. The number of hydrogen-bond donors (Lipinski definition) is 1. The second-order valence-electron chi connectivity index (χ2n) is 6.27. The number of ether oxygens (including phenoxy) is 1. The Morgan fingerprint density at radius 3 is 2.50 bits per heavy atom. The first-order valence-electron chi connectivity index (χ1n) is 8.56. The van der Waals surface area contributed by atoms with Crippen molar-refractivity contribution >= 4 is 11.6 Å². The number of nitrogens with zero attached hydrogens (tertiary/aromatic N) is 1. The molecule has 1 aliphatic heterocycles. The van der Waals surface area contributed by atoms with Gasteiger partial charge in [0.2, 0.25) is 0 Å². The summed E-state index contributed by atoms with van der Waals surface area (Å²) in [6.45, 7) is 7.52. The van der Waals surface area contributed by atoms with Crippen LogP contribution in [0.1, 0.15) is 22.7 Å². The zero-order valence-corrected chi connectivity index (χ0v) is 14.9. The van der Waals surface area contributed by atoms with Gasteiger partial charge in [-0.2, -0.15) is 0 Å². The van der Waals surface area contributed by atoms with Crippen LogP contribution in [0.25, 0.3) is 0 Å². The summed E-state index contributed by atoms with van der Waals surface area (Å²) in [4.78, 5) is 2.50. The summed E-state index contributed by atoms with van der Waals surface area (Å²) in [5, 5.41) is 4.42. The Hall–Kier alpha value is -1.39. The molecule has 4 heteroatoms. The molecule has 2 aromatic carbocycles. The Balaban J connectivity index is 1.67. The van der Waals surface area contributed by atoms with Crippen molar-refractivity contribution in [3.63, 3.8) is 0 Å². The number of aryl methyl sites for hydroxylation is 1. The molecule has 1 aliphatic rings. The van der Waals surface area contributed by atoms with E-state index in [4.69, 9.17) is 16.3 Å². The van der Waals surface area contributed by atoms with Crippen LogP contribution in [0.2, 0.25) is 5.02 Å². The molecule has 1 fully saturated rings. The van der Waals surface area contributed by atoms with Crippen LogP contribution in [0.3, 0.4) is 0 Å². The van der Waals surface area contributed by atoms with Crippen molar-refractivity contribution in [2.45, 2.75) is 19.5 Å². The van der Waals surface area contributed by atoms with Gasteiger partial charge in [-0.25, -0.2) is 0 Å². The highest BCUT2D eigenvalue weighted by atomic mass is 35.5. The van der Waals surface area contributed by atoms with Gasteiger partial charge in [-0.15, -0.1) is 0 Å². The van der Waals surface area contributed by atoms with Crippen LogP contribution in [-0.4, -0.2) is 37.7 Å². The highest BCUT2D eigenvalue weighted by molar-refractivity contribution is 6.30. The minimum atomic E-state index is 0.343. The van der Waals surface area contributed by atoms with Crippen molar-refractivity contribution < 1.29 is 4.74 Å². The summed E-state index contributed by atoms with van der Waals surface area (Å²) in [5.74, 6) is 0. The Bertz CT molecular complexity index is 638. The van der Waals surface area contributed by atoms with Gasteiger partial charge in [0.1, 0.15) is 0 Å². The minimum absolute atomic E-state index is 0.343. The van der Waals surface area contributed by atoms with Crippen molar-refractivity contribution in [3.8, 4) is 0 Å². The maximum Gasteiger partial charge on any atom is 0.0594 e. The zero-order chi connectivity index (χ0) is 16.8. The molecule has 0 amide bonds. The van der Waals surface area contributed by atoms with Gasteiger partial charge in [0.15, 0.2) is 0 Å². The first-order valence-corrected chi connectivity index (χ1v) is 8.94. The van der Waals surface area contributed by atoms with Crippen LogP contribution >= 0.6 is 11.6 Å². The van der Waals surface area contributed by atoms with Gasteiger partial charge in [-0.3, -0.25) is 4.90 Å². The third-order valence-electron chi connectivity index (χ3n) is 4.66. The standard InChI is InChI=1S/C20H25ClN2O/c1-16-4-2-3-5-18(16)14-22-15-20(23-10-12-24-13-11-23)17-6-8-19(21)9-7-17/h2-9,20,22H,10-15H2,1H3. The molecule has 3 nitrogen and oxygen atoms in total. The van der Waals surface area contributed by atoms with E-state index in [2.05, 4.69) is 53.5 Å². The van der Waals surface area contributed by atoms with Gasteiger partial charge in [0.05, 0.1) is 13.2 Å². The van der Waals surface area contributed by atoms with Crippen molar-refractivity contribution in [3.05, 3.63) is 70.2 Å². The highest BCUT2D eigenvalue weighted by Crippen LogP contribution is 2.23. The molecule has 0 aliphatic carbocycles. The first-order chi connectivity index (χ1) is 11.7. The van der Waals surface area contributed by atoms with E-state index >= 15 is 0 Å². The predicted molar refractivity (Wildman–Crippen MR) is 99.5 cm³/mol. The van der Waals surface area contributed by atoms with E-state index in [-0.39, 0.29) is 0 Å². The summed E-state index contributed by atoms with van der Waals surface area (Å²) < 4.78 is 5.51. The number of morpholine rings is 1. The van der Waals surface area contributed by atoms with E-state index in [9.17, 15) is 0 Å². The van der Waals surface area contributed by atoms with E-state index in [1.807, 2.05) is 12.1 Å². The second-order valence-corrected chi connectivity index (χ2v) is 6.71. The zero-order valence-electron chi connectivity index (χ0n) is 14.2. The lowest BCUT2D eigenvalue weighted by Crippen LogP contribution is -2.42. The molecule has 3 rings (SSSR count). The first kappa shape index (κ1) is 17.4. The lowest BCUT2D eigenvalue weighted by atomic mass is 10.0. The van der Waals surface area contributed by atoms with Crippen molar-refractivity contribution in [1.82, 2.24) is 10.2 Å². The van der Waals surface area contributed by atoms with Gasteiger partial charge in [-0.05, 0) is 35.7 Å². The van der Waals surface area contributed by atoms with E-state index in [1.165, 1.54) is 16.7 Å². The minimum Gasteiger partial charge on any atom is -0.379 e. The average Bonchev–Trinajstić information content (AvgIpc) is 2.62. The molecule has 128 valence electrons. The number of hydrogen-bond acceptors (Lipinski definition) is 3. The molecule has 0 radical (unpaired) electrons. The van der Waals surface area contributed by atoms with E-state index < -0.39 is 0 Å². The molecular formula is C20H25ClN2O. The maximum absolute atomic E-state index is 6.05. The van der Waals surface area contributed by atoms with Crippen molar-refractivity contribution in [2.24, 2.45) is 0 Å². The third kappa shape index (κ3) is 4.58. The van der Waals surface area contributed by atoms with E-state index in [0.717, 1.165) is 44.4 Å². The average molecular weight is 345 g/mol. The van der Waals surface area contributed by atoms with Gasteiger partial charge >= 0.3 is 0 Å². The van der Waals surface area contributed by atoms with E-state index in [1.54, 1.807) is 0 Å². The Kier molecular flexibility index (Phi) is 6.27. The molecule has 1 heterocycles. The molecule has 0 saturated carbocycles. The second kappa shape index (κ2) is 8.63. The quantitative estimate of drug-likeness (QED) is 0.862. The molecule has 1 unspecified atom stereocenters. The van der Waals surface area contributed by atoms with Gasteiger partial charge < -0.3 is 10.1 Å². The summed E-state index contributed by atoms with van der Waals surface area (Å²) in [7, 11) is 0. The molecule has 0 aromatic heterocycles. The van der Waals surface area contributed by atoms with Crippen LogP contribution in [-0.2, 0) is 11.3 Å². The Morgan fingerprint density at radius 2 is 1.79 bits per heavy atom. The topological polar surface area (TPSA) is 24.5 Å². The van der Waals surface area contributed by atoms with Crippen LogP contribution in [0.5, 0.6) is 0 Å². The van der Waals surface area contributed by atoms with Crippen molar-refractivity contribution in [2.75, 3.05) is 32.8 Å². The third-order valence-corrected chi connectivity index (χ3v) is 4.91. The molecule has 1 saturated heterocycles. The van der Waals surface area contributed by atoms with Crippen LogP contribution < -0.4 is 5.32 Å². The maximum atomic E-state index is 6.05. The molecule has 24 heavy (non-hydrogen) atoms. The fourth-order valence-corrected chi connectivity index (χ4v) is 3.31. The van der Waals surface area contributed by atoms with Gasteiger partial charge in [-0.1, -0.05) is 48.0 Å². The molecule has 0 bridgehead atoms. The lowest BCUT2D eigenvalue weighted by Gasteiger charge is -2.35. The van der Waals surface area contributed by atoms with E-state index in [0.29, 0.717) is 6.04 Å². The van der Waals surface area contributed by atoms with Crippen molar-refractivity contribution in [1.29, 1.82) is 0 Å². The van der Waals surface area contributed by atoms with Crippen LogP contribution in [0.4, 0.5) is 0 Å². The smallest absolute Gasteiger partial charge is 0.0594 e. The van der Waals surface area contributed by atoms with Gasteiger partial charge in [0, 0.05) is 37.2 Å². The normalized spacial score (nSPS) is 16.9. The number of nitrogens with one attached hydrogen (secondary N) is 1. The summed E-state index contributed by atoms with van der Waals surface area (Å²) in [6.07, 6.45) is 0. The molecule has 2 aromatic rings. The Labute approximate surface area is 149 Å².